The van der Waals surface area contributed by atoms with E-state index < -0.39 is 5.72 Å². The summed E-state index contributed by atoms with van der Waals surface area (Å²) in [5.74, 6) is 0.931. The first-order valence-corrected chi connectivity index (χ1v) is 10.9. The lowest BCUT2D eigenvalue weighted by Gasteiger charge is -2.35. The minimum absolute atomic E-state index is 0.207. The van der Waals surface area contributed by atoms with Gasteiger partial charge in [0.25, 0.3) is 5.91 Å². The van der Waals surface area contributed by atoms with Crippen molar-refractivity contribution in [3.63, 3.8) is 0 Å². The number of carbonyl (C=O) groups excluding carboxylic acids is 1. The molecule has 0 saturated carbocycles. The van der Waals surface area contributed by atoms with E-state index in [1.165, 1.54) is 4.90 Å². The zero-order valence-corrected chi connectivity index (χ0v) is 18.5. The van der Waals surface area contributed by atoms with Crippen LogP contribution in [0.3, 0.4) is 0 Å². The predicted octanol–water partition coefficient (Wildman–Crippen LogP) is 4.16. The molecule has 0 saturated heterocycles. The highest BCUT2D eigenvalue weighted by molar-refractivity contribution is 6.00. The standard InChI is InChI=1S/C26H28N2O4/c1-3-4-17-32-23-13-12-19(18-24(23)31-2)26(30)22-11-6-5-10-21(22)25(29)28(26)16-14-20-9-7-8-15-27-20/h5-13,15,18,30H,3-4,14,16-17H2,1-2H3. The Morgan fingerprint density at radius 3 is 2.62 bits per heavy atom. The molecule has 32 heavy (non-hydrogen) atoms. The largest absolute Gasteiger partial charge is 0.493 e. The van der Waals surface area contributed by atoms with Crippen molar-refractivity contribution in [2.45, 2.75) is 31.9 Å². The summed E-state index contributed by atoms with van der Waals surface area (Å²) in [6, 6.07) is 18.2. The Morgan fingerprint density at radius 2 is 1.88 bits per heavy atom. The number of ether oxygens (including phenoxy) is 2. The summed E-state index contributed by atoms with van der Waals surface area (Å²) in [6.45, 7) is 3.01. The van der Waals surface area contributed by atoms with E-state index in [4.69, 9.17) is 9.47 Å². The fourth-order valence-electron chi connectivity index (χ4n) is 4.09. The lowest BCUT2D eigenvalue weighted by atomic mass is 9.93. The van der Waals surface area contributed by atoms with Gasteiger partial charge in [-0.25, -0.2) is 0 Å². The molecule has 0 spiro atoms. The summed E-state index contributed by atoms with van der Waals surface area (Å²) in [6.07, 6.45) is 4.23. The zero-order valence-electron chi connectivity index (χ0n) is 18.5. The normalized spacial score (nSPS) is 17.3. The Bertz CT molecular complexity index is 1090. The van der Waals surface area contributed by atoms with Crippen molar-refractivity contribution in [1.82, 2.24) is 9.88 Å². The van der Waals surface area contributed by atoms with Crippen LogP contribution in [0, 0.1) is 0 Å². The molecule has 3 aromatic rings. The number of methoxy groups -OCH3 is 1. The molecular weight excluding hydrogens is 404 g/mol. The number of carbonyl (C=O) groups is 1. The molecule has 4 rings (SSSR count). The van der Waals surface area contributed by atoms with E-state index >= 15 is 0 Å². The fourth-order valence-corrected chi connectivity index (χ4v) is 4.09. The van der Waals surface area contributed by atoms with Crippen LogP contribution in [0.15, 0.2) is 66.9 Å². The van der Waals surface area contributed by atoms with Crippen LogP contribution in [-0.2, 0) is 12.1 Å². The maximum absolute atomic E-state index is 13.3. The molecule has 6 heteroatoms. The molecule has 0 fully saturated rings. The van der Waals surface area contributed by atoms with Gasteiger partial charge in [-0.05, 0) is 42.8 Å². The highest BCUT2D eigenvalue weighted by Gasteiger charge is 2.49. The second-order valence-corrected chi connectivity index (χ2v) is 7.81. The average Bonchev–Trinajstić information content (AvgIpc) is 3.06. The van der Waals surface area contributed by atoms with Gasteiger partial charge in [-0.15, -0.1) is 0 Å². The van der Waals surface area contributed by atoms with E-state index in [1.807, 2.05) is 30.3 Å². The molecule has 1 aliphatic rings. The number of hydrogen-bond donors (Lipinski definition) is 1. The third-order valence-corrected chi connectivity index (χ3v) is 5.81. The minimum atomic E-state index is -1.61. The molecule has 1 atom stereocenters. The van der Waals surface area contributed by atoms with Crippen molar-refractivity contribution in [3.8, 4) is 11.5 Å². The first-order chi connectivity index (χ1) is 15.6. The van der Waals surface area contributed by atoms with Crippen molar-refractivity contribution >= 4 is 5.91 Å². The van der Waals surface area contributed by atoms with Crippen molar-refractivity contribution in [2.75, 3.05) is 20.3 Å². The second kappa shape index (κ2) is 9.40. The molecule has 0 bridgehead atoms. The van der Waals surface area contributed by atoms with Crippen LogP contribution < -0.4 is 9.47 Å². The van der Waals surface area contributed by atoms with Crippen molar-refractivity contribution in [1.29, 1.82) is 0 Å². The van der Waals surface area contributed by atoms with Gasteiger partial charge < -0.3 is 19.5 Å². The zero-order chi connectivity index (χ0) is 22.6. The van der Waals surface area contributed by atoms with Crippen LogP contribution in [0.5, 0.6) is 11.5 Å². The third kappa shape index (κ3) is 3.94. The van der Waals surface area contributed by atoms with Crippen LogP contribution >= 0.6 is 0 Å². The lowest BCUT2D eigenvalue weighted by Crippen LogP contribution is -2.45. The van der Waals surface area contributed by atoms with E-state index in [9.17, 15) is 9.90 Å². The van der Waals surface area contributed by atoms with E-state index in [2.05, 4.69) is 11.9 Å². The Balaban J connectivity index is 1.71. The molecule has 6 nitrogen and oxygen atoms in total. The van der Waals surface area contributed by atoms with E-state index in [0.29, 0.717) is 47.8 Å². The van der Waals surface area contributed by atoms with Crippen LogP contribution in [0.2, 0.25) is 0 Å². The topological polar surface area (TPSA) is 71.9 Å². The summed E-state index contributed by atoms with van der Waals surface area (Å²) < 4.78 is 11.4. The Morgan fingerprint density at radius 1 is 1.06 bits per heavy atom. The second-order valence-electron chi connectivity index (χ2n) is 7.81. The summed E-state index contributed by atoms with van der Waals surface area (Å²) in [5, 5.41) is 12.0. The number of amides is 1. The minimum Gasteiger partial charge on any atom is -0.493 e. The van der Waals surface area contributed by atoms with Gasteiger partial charge in [0.2, 0.25) is 0 Å². The highest BCUT2D eigenvalue weighted by Crippen LogP contribution is 2.44. The number of rotatable bonds is 9. The first-order valence-electron chi connectivity index (χ1n) is 10.9. The third-order valence-electron chi connectivity index (χ3n) is 5.81. The molecule has 166 valence electrons. The summed E-state index contributed by atoms with van der Waals surface area (Å²) in [5.41, 5.74) is 0.857. The van der Waals surface area contributed by atoms with Crippen LogP contribution in [-0.4, -0.2) is 41.2 Å². The smallest absolute Gasteiger partial charge is 0.257 e. The van der Waals surface area contributed by atoms with Crippen LogP contribution in [0.1, 0.15) is 46.9 Å². The highest BCUT2D eigenvalue weighted by atomic mass is 16.5. The number of pyridine rings is 1. The van der Waals surface area contributed by atoms with Crippen LogP contribution in [0.25, 0.3) is 0 Å². The molecule has 1 N–H and O–H groups in total. The number of aromatic nitrogens is 1. The van der Waals surface area contributed by atoms with Gasteiger partial charge in [0.05, 0.1) is 13.7 Å². The summed E-state index contributed by atoms with van der Waals surface area (Å²) in [7, 11) is 1.57. The summed E-state index contributed by atoms with van der Waals surface area (Å²) in [4.78, 5) is 19.2. The first kappa shape index (κ1) is 21.8. The molecule has 0 aliphatic carbocycles. The van der Waals surface area contributed by atoms with Gasteiger partial charge in [-0.3, -0.25) is 9.78 Å². The average molecular weight is 433 g/mol. The number of nitrogens with zero attached hydrogens (tertiary/aromatic N) is 2. The van der Waals surface area contributed by atoms with Gasteiger partial charge in [0.1, 0.15) is 0 Å². The number of unbranched alkanes of at least 4 members (excludes halogenated alkanes) is 1. The molecular formula is C26H28N2O4. The van der Waals surface area contributed by atoms with Crippen molar-refractivity contribution < 1.29 is 19.4 Å². The monoisotopic (exact) mass is 432 g/mol. The fraction of sp³-hybridized carbons (Fsp3) is 0.308. The van der Waals surface area contributed by atoms with Crippen LogP contribution in [0.4, 0.5) is 0 Å². The molecule has 2 heterocycles. The van der Waals surface area contributed by atoms with E-state index in [1.54, 1.807) is 43.6 Å². The predicted molar refractivity (Wildman–Crippen MR) is 122 cm³/mol. The molecule has 1 aromatic heterocycles. The lowest BCUT2D eigenvalue weighted by molar-refractivity contribution is -0.0496. The van der Waals surface area contributed by atoms with Gasteiger partial charge in [-0.1, -0.05) is 37.6 Å². The van der Waals surface area contributed by atoms with Crippen molar-refractivity contribution in [2.24, 2.45) is 0 Å². The Hall–Kier alpha value is -3.38. The van der Waals surface area contributed by atoms with Crippen molar-refractivity contribution in [3.05, 3.63) is 89.2 Å². The maximum Gasteiger partial charge on any atom is 0.257 e. The van der Waals surface area contributed by atoms with E-state index in [0.717, 1.165) is 18.5 Å². The van der Waals surface area contributed by atoms with Gasteiger partial charge in [0, 0.05) is 41.5 Å². The number of benzene rings is 2. The van der Waals surface area contributed by atoms with Gasteiger partial charge >= 0.3 is 0 Å². The maximum atomic E-state index is 13.3. The van der Waals surface area contributed by atoms with Gasteiger partial charge in [0.15, 0.2) is 17.2 Å². The summed E-state index contributed by atoms with van der Waals surface area (Å²) >= 11 is 0. The molecule has 2 aromatic carbocycles. The molecule has 1 unspecified atom stereocenters. The Kier molecular flexibility index (Phi) is 6.42. The number of aliphatic hydroxyl groups is 1. The Labute approximate surface area is 188 Å². The molecule has 0 radical (unpaired) electrons. The molecule has 1 aliphatic heterocycles. The number of hydrogen-bond acceptors (Lipinski definition) is 5. The van der Waals surface area contributed by atoms with E-state index in [-0.39, 0.29) is 5.91 Å². The molecule has 1 amide bonds. The van der Waals surface area contributed by atoms with Gasteiger partial charge in [-0.2, -0.15) is 0 Å². The number of fused-ring (bicyclic) bond motifs is 1. The quantitative estimate of drug-likeness (QED) is 0.514. The SMILES string of the molecule is CCCCOc1ccc(C2(O)c3ccccc3C(=O)N2CCc2ccccn2)cc1OC.